The molecule has 3 nitrogen and oxygen atoms in total. The highest BCUT2D eigenvalue weighted by Gasteiger charge is 2.15. The molecule has 22 heavy (non-hydrogen) atoms. The van der Waals surface area contributed by atoms with Crippen LogP contribution in [0.15, 0.2) is 41.5 Å². The first-order valence-electron chi connectivity index (χ1n) is 7.27. The summed E-state index contributed by atoms with van der Waals surface area (Å²) in [6.45, 7) is 3.97. The van der Waals surface area contributed by atoms with E-state index in [4.69, 9.17) is 0 Å². The third kappa shape index (κ3) is 2.77. The van der Waals surface area contributed by atoms with Crippen molar-refractivity contribution in [2.24, 2.45) is 5.10 Å². The van der Waals surface area contributed by atoms with Gasteiger partial charge in [0.15, 0.2) is 0 Å². The molecule has 1 N–H and O–H groups in total. The smallest absolute Gasteiger partial charge is 0.240 e. The minimum atomic E-state index is -0.272. The highest BCUT2D eigenvalue weighted by Crippen LogP contribution is 2.28. The molecule has 112 valence electrons. The molecule has 1 heterocycles. The van der Waals surface area contributed by atoms with Gasteiger partial charge in [0.25, 0.3) is 0 Å². The molecule has 0 unspecified atom stereocenters. The number of nitrogens with one attached hydrogen (secondary N) is 1. The minimum Gasteiger partial charge on any atom is -0.273 e. The van der Waals surface area contributed by atoms with Gasteiger partial charge in [0.05, 0.1) is 5.71 Å². The fourth-order valence-electron chi connectivity index (χ4n) is 2.62. The molecule has 0 fully saturated rings. The van der Waals surface area contributed by atoms with Crippen LogP contribution in [-0.2, 0) is 4.79 Å². The second-order valence-electron chi connectivity index (χ2n) is 5.61. The molecule has 0 atom stereocenters. The van der Waals surface area contributed by atoms with E-state index in [-0.39, 0.29) is 11.7 Å². The lowest BCUT2D eigenvalue weighted by molar-refractivity contribution is -0.121. The van der Waals surface area contributed by atoms with Crippen LogP contribution in [0.25, 0.3) is 11.1 Å². The molecule has 1 aliphatic rings. The Kier molecular flexibility index (Phi) is 3.75. The Balaban J connectivity index is 1.99. The third-order valence-electron chi connectivity index (χ3n) is 3.89. The number of carbonyl (C=O) groups excluding carboxylic acids is 1. The molecule has 0 bridgehead atoms. The lowest BCUT2D eigenvalue weighted by Crippen LogP contribution is -2.25. The Morgan fingerprint density at radius 2 is 1.86 bits per heavy atom. The average Bonchev–Trinajstić information content (AvgIpc) is 2.51. The predicted octanol–water partition coefficient (Wildman–Crippen LogP) is 3.72. The molecular formula is C18H17FN2O. The summed E-state index contributed by atoms with van der Waals surface area (Å²) in [6, 6.07) is 11.1. The first-order valence-corrected chi connectivity index (χ1v) is 7.27. The lowest BCUT2D eigenvalue weighted by Gasteiger charge is -2.14. The Labute approximate surface area is 128 Å². The summed E-state index contributed by atoms with van der Waals surface area (Å²) >= 11 is 0. The van der Waals surface area contributed by atoms with Gasteiger partial charge >= 0.3 is 0 Å². The van der Waals surface area contributed by atoms with Crippen LogP contribution in [0.3, 0.4) is 0 Å². The van der Waals surface area contributed by atoms with Gasteiger partial charge in [-0.2, -0.15) is 5.10 Å². The van der Waals surface area contributed by atoms with Crippen LogP contribution in [-0.4, -0.2) is 11.6 Å². The van der Waals surface area contributed by atoms with Crippen molar-refractivity contribution in [3.63, 3.8) is 0 Å². The number of amides is 1. The van der Waals surface area contributed by atoms with Crippen LogP contribution in [0.5, 0.6) is 0 Å². The Morgan fingerprint density at radius 1 is 1.05 bits per heavy atom. The van der Waals surface area contributed by atoms with E-state index in [9.17, 15) is 9.18 Å². The van der Waals surface area contributed by atoms with Crippen molar-refractivity contribution in [3.8, 4) is 11.1 Å². The van der Waals surface area contributed by atoms with Crippen molar-refractivity contribution >= 4 is 11.6 Å². The molecule has 0 aliphatic carbocycles. The zero-order valence-corrected chi connectivity index (χ0v) is 12.6. The van der Waals surface area contributed by atoms with Crippen LogP contribution < -0.4 is 5.43 Å². The standard InChI is InChI=1S/C18H17FN2O/c1-11-3-4-12(2)15(9-11)14-6-5-13(10-16(14)19)17-7-8-18(22)21-20-17/h3-6,9-10H,7-8H2,1-2H3,(H,21,22). The normalized spacial score (nSPS) is 14.5. The lowest BCUT2D eigenvalue weighted by atomic mass is 9.95. The van der Waals surface area contributed by atoms with E-state index >= 15 is 0 Å². The van der Waals surface area contributed by atoms with E-state index in [0.717, 1.165) is 16.7 Å². The Hall–Kier alpha value is -2.49. The van der Waals surface area contributed by atoms with Crippen LogP contribution >= 0.6 is 0 Å². The summed E-state index contributed by atoms with van der Waals surface area (Å²) in [5.74, 6) is -0.373. The number of hydrogen-bond donors (Lipinski definition) is 1. The Bertz CT molecular complexity index is 781. The second-order valence-corrected chi connectivity index (χ2v) is 5.61. The van der Waals surface area contributed by atoms with Gasteiger partial charge in [0.2, 0.25) is 5.91 Å². The third-order valence-corrected chi connectivity index (χ3v) is 3.89. The van der Waals surface area contributed by atoms with Gasteiger partial charge in [-0.1, -0.05) is 35.9 Å². The minimum absolute atomic E-state index is 0.101. The maximum absolute atomic E-state index is 14.5. The largest absolute Gasteiger partial charge is 0.273 e. The van der Waals surface area contributed by atoms with E-state index < -0.39 is 0 Å². The molecule has 0 aromatic heterocycles. The average molecular weight is 296 g/mol. The predicted molar refractivity (Wildman–Crippen MR) is 85.2 cm³/mol. The molecule has 1 aliphatic heterocycles. The number of halogens is 1. The Morgan fingerprint density at radius 3 is 2.55 bits per heavy atom. The zero-order chi connectivity index (χ0) is 15.7. The van der Waals surface area contributed by atoms with Gasteiger partial charge in [-0.05, 0) is 31.0 Å². The number of rotatable bonds is 2. The van der Waals surface area contributed by atoms with Crippen molar-refractivity contribution < 1.29 is 9.18 Å². The summed E-state index contributed by atoms with van der Waals surface area (Å²) < 4.78 is 14.5. The summed E-state index contributed by atoms with van der Waals surface area (Å²) in [4.78, 5) is 11.1. The molecule has 4 heteroatoms. The molecular weight excluding hydrogens is 279 g/mol. The first kappa shape index (κ1) is 14.4. The monoisotopic (exact) mass is 296 g/mol. The molecule has 0 spiro atoms. The molecule has 2 aromatic carbocycles. The molecule has 2 aromatic rings. The van der Waals surface area contributed by atoms with Crippen LogP contribution in [0.2, 0.25) is 0 Å². The van der Waals surface area contributed by atoms with E-state index in [1.807, 2.05) is 38.1 Å². The highest BCUT2D eigenvalue weighted by molar-refractivity contribution is 6.04. The fourth-order valence-corrected chi connectivity index (χ4v) is 2.62. The molecule has 3 rings (SSSR count). The van der Waals surface area contributed by atoms with E-state index in [1.165, 1.54) is 6.07 Å². The van der Waals surface area contributed by atoms with Gasteiger partial charge in [-0.15, -0.1) is 0 Å². The van der Waals surface area contributed by atoms with E-state index in [0.29, 0.717) is 29.7 Å². The van der Waals surface area contributed by atoms with Crippen molar-refractivity contribution in [2.75, 3.05) is 0 Å². The summed E-state index contributed by atoms with van der Waals surface area (Å²) in [7, 11) is 0. The van der Waals surface area contributed by atoms with Crippen LogP contribution in [0.1, 0.15) is 29.5 Å². The highest BCUT2D eigenvalue weighted by atomic mass is 19.1. The first-order chi connectivity index (χ1) is 10.5. The number of hydrazone groups is 1. The van der Waals surface area contributed by atoms with Crippen molar-refractivity contribution in [2.45, 2.75) is 26.7 Å². The molecule has 0 saturated carbocycles. The van der Waals surface area contributed by atoms with E-state index in [1.54, 1.807) is 6.07 Å². The number of nitrogens with zero attached hydrogens (tertiary/aromatic N) is 1. The summed E-state index contributed by atoms with van der Waals surface area (Å²) in [5.41, 5.74) is 7.50. The van der Waals surface area contributed by atoms with Crippen molar-refractivity contribution in [3.05, 3.63) is 58.9 Å². The number of hydrogen-bond acceptors (Lipinski definition) is 2. The molecule has 0 radical (unpaired) electrons. The second kappa shape index (κ2) is 5.72. The summed E-state index contributed by atoms with van der Waals surface area (Å²) in [6.07, 6.45) is 0.924. The maximum atomic E-state index is 14.5. The number of benzene rings is 2. The summed E-state index contributed by atoms with van der Waals surface area (Å²) in [5, 5.41) is 4.01. The zero-order valence-electron chi connectivity index (χ0n) is 12.6. The van der Waals surface area contributed by atoms with Gasteiger partial charge < -0.3 is 0 Å². The van der Waals surface area contributed by atoms with Gasteiger partial charge in [-0.3, -0.25) is 4.79 Å². The SMILES string of the molecule is Cc1ccc(C)c(-c2ccc(C3=NNC(=O)CC3)cc2F)c1. The molecule has 0 saturated heterocycles. The number of carbonyl (C=O) groups is 1. The topological polar surface area (TPSA) is 41.5 Å². The quantitative estimate of drug-likeness (QED) is 0.901. The van der Waals surface area contributed by atoms with Gasteiger partial charge in [-0.25, -0.2) is 9.82 Å². The van der Waals surface area contributed by atoms with Gasteiger partial charge in [0.1, 0.15) is 5.82 Å². The maximum Gasteiger partial charge on any atom is 0.240 e. The van der Waals surface area contributed by atoms with E-state index in [2.05, 4.69) is 10.5 Å². The molecule has 1 amide bonds. The van der Waals surface area contributed by atoms with Crippen LogP contribution in [0, 0.1) is 19.7 Å². The van der Waals surface area contributed by atoms with Crippen LogP contribution in [0.4, 0.5) is 4.39 Å². The van der Waals surface area contributed by atoms with Gasteiger partial charge in [0, 0.05) is 24.0 Å². The number of aryl methyl sites for hydroxylation is 2. The van der Waals surface area contributed by atoms with Crippen molar-refractivity contribution in [1.29, 1.82) is 0 Å². The van der Waals surface area contributed by atoms with Crippen molar-refractivity contribution in [1.82, 2.24) is 5.43 Å². The fraction of sp³-hybridized carbons (Fsp3) is 0.222.